The number of hydrogen-bond donors (Lipinski definition) is 1. The first kappa shape index (κ1) is 18.1. The molecule has 0 saturated heterocycles. The van der Waals surface area contributed by atoms with Crippen LogP contribution in [0.4, 0.5) is 0 Å². The van der Waals surface area contributed by atoms with E-state index >= 15 is 0 Å². The SMILES string of the molecule is COC(CNC(=O)/C=C/c1ccc(SC)cc1)c1ccc(Cl)s1. The van der Waals surface area contributed by atoms with Crippen LogP contribution in [-0.4, -0.2) is 25.8 Å². The van der Waals surface area contributed by atoms with Crippen LogP contribution in [-0.2, 0) is 9.53 Å². The molecule has 1 aromatic heterocycles. The van der Waals surface area contributed by atoms with Crippen molar-refractivity contribution in [3.8, 4) is 0 Å². The average molecular weight is 368 g/mol. The number of carbonyl (C=O) groups is 1. The second-order valence-electron chi connectivity index (χ2n) is 4.72. The number of thiophene rings is 1. The quantitative estimate of drug-likeness (QED) is 0.572. The van der Waals surface area contributed by atoms with Crippen molar-refractivity contribution in [2.24, 2.45) is 0 Å². The molecule has 1 aromatic carbocycles. The van der Waals surface area contributed by atoms with Crippen LogP contribution < -0.4 is 5.32 Å². The van der Waals surface area contributed by atoms with Crippen LogP contribution in [0.3, 0.4) is 0 Å². The summed E-state index contributed by atoms with van der Waals surface area (Å²) in [7, 11) is 1.62. The zero-order valence-electron chi connectivity index (χ0n) is 12.9. The summed E-state index contributed by atoms with van der Waals surface area (Å²) < 4.78 is 6.11. The third-order valence-corrected chi connectivity index (χ3v) is 5.27. The normalized spacial score (nSPS) is 12.5. The fraction of sp³-hybridized carbons (Fsp3) is 0.235. The van der Waals surface area contributed by atoms with Crippen molar-refractivity contribution in [1.29, 1.82) is 0 Å². The number of thioether (sulfide) groups is 1. The van der Waals surface area contributed by atoms with Gasteiger partial charge in [0.2, 0.25) is 5.91 Å². The number of methoxy groups -OCH3 is 1. The molecule has 1 heterocycles. The van der Waals surface area contributed by atoms with Crippen molar-refractivity contribution in [3.63, 3.8) is 0 Å². The van der Waals surface area contributed by atoms with Gasteiger partial charge in [-0.05, 0) is 42.2 Å². The predicted molar refractivity (Wildman–Crippen MR) is 99.3 cm³/mol. The molecule has 6 heteroatoms. The lowest BCUT2D eigenvalue weighted by Gasteiger charge is -2.13. The van der Waals surface area contributed by atoms with Gasteiger partial charge in [0, 0.05) is 29.5 Å². The maximum atomic E-state index is 11.9. The molecule has 0 spiro atoms. The van der Waals surface area contributed by atoms with E-state index in [2.05, 4.69) is 5.32 Å². The van der Waals surface area contributed by atoms with Gasteiger partial charge in [0.15, 0.2) is 0 Å². The van der Waals surface area contributed by atoms with Crippen LogP contribution in [0.15, 0.2) is 47.4 Å². The molecule has 0 aliphatic heterocycles. The topological polar surface area (TPSA) is 38.3 Å². The summed E-state index contributed by atoms with van der Waals surface area (Å²) in [5.74, 6) is -0.149. The van der Waals surface area contributed by atoms with Crippen molar-refractivity contribution in [1.82, 2.24) is 5.32 Å². The summed E-state index contributed by atoms with van der Waals surface area (Å²) in [4.78, 5) is 14.1. The van der Waals surface area contributed by atoms with Crippen molar-refractivity contribution in [2.75, 3.05) is 19.9 Å². The van der Waals surface area contributed by atoms with E-state index in [0.717, 1.165) is 10.4 Å². The molecule has 1 N–H and O–H groups in total. The summed E-state index contributed by atoms with van der Waals surface area (Å²) in [5.41, 5.74) is 0.992. The third-order valence-electron chi connectivity index (χ3n) is 3.20. The van der Waals surface area contributed by atoms with Crippen LogP contribution in [0.5, 0.6) is 0 Å². The Morgan fingerprint density at radius 3 is 2.65 bits per heavy atom. The summed E-state index contributed by atoms with van der Waals surface area (Å²) >= 11 is 9.07. The Hall–Kier alpha value is -1.27. The smallest absolute Gasteiger partial charge is 0.244 e. The number of carbonyl (C=O) groups excluding carboxylic acids is 1. The molecule has 2 rings (SSSR count). The van der Waals surface area contributed by atoms with Gasteiger partial charge >= 0.3 is 0 Å². The maximum Gasteiger partial charge on any atom is 0.244 e. The minimum absolute atomic E-state index is 0.149. The Balaban J connectivity index is 1.87. The number of rotatable bonds is 7. The van der Waals surface area contributed by atoms with Gasteiger partial charge in [-0.2, -0.15) is 0 Å². The number of ether oxygens (including phenoxy) is 1. The standard InChI is InChI=1S/C17H18ClNO2S2/c1-21-14(15-8-9-16(18)23-15)11-19-17(20)10-5-12-3-6-13(22-2)7-4-12/h3-10,14H,11H2,1-2H3,(H,19,20)/b10-5+. The third kappa shape index (κ3) is 5.70. The molecule has 23 heavy (non-hydrogen) atoms. The van der Waals surface area contributed by atoms with E-state index in [-0.39, 0.29) is 12.0 Å². The lowest BCUT2D eigenvalue weighted by atomic mass is 10.2. The Labute approximate surface area is 149 Å². The molecule has 3 nitrogen and oxygen atoms in total. The van der Waals surface area contributed by atoms with Crippen molar-refractivity contribution >= 4 is 46.7 Å². The number of hydrogen-bond acceptors (Lipinski definition) is 4. The zero-order valence-corrected chi connectivity index (χ0v) is 15.3. The second kappa shape index (κ2) is 9.13. The van der Waals surface area contributed by atoms with E-state index in [1.807, 2.05) is 42.7 Å². The Morgan fingerprint density at radius 2 is 2.09 bits per heavy atom. The first-order valence-electron chi connectivity index (χ1n) is 7.00. The van der Waals surface area contributed by atoms with Gasteiger partial charge in [-0.3, -0.25) is 4.79 Å². The number of amides is 1. The molecule has 0 bridgehead atoms. The van der Waals surface area contributed by atoms with Gasteiger partial charge < -0.3 is 10.1 Å². The van der Waals surface area contributed by atoms with E-state index < -0.39 is 0 Å². The molecule has 122 valence electrons. The van der Waals surface area contributed by atoms with E-state index in [1.54, 1.807) is 24.9 Å². The Kier molecular flexibility index (Phi) is 7.17. The van der Waals surface area contributed by atoms with Crippen LogP contribution in [0, 0.1) is 0 Å². The first-order valence-corrected chi connectivity index (χ1v) is 9.42. The summed E-state index contributed by atoms with van der Waals surface area (Å²) in [6.45, 7) is 0.405. The van der Waals surface area contributed by atoms with Crippen LogP contribution in [0.1, 0.15) is 16.5 Å². The van der Waals surface area contributed by atoms with Crippen LogP contribution >= 0.6 is 34.7 Å². The van der Waals surface area contributed by atoms with Gasteiger partial charge in [0.05, 0.1) is 4.34 Å². The van der Waals surface area contributed by atoms with Gasteiger partial charge in [0.25, 0.3) is 0 Å². The van der Waals surface area contributed by atoms with Gasteiger partial charge in [-0.25, -0.2) is 0 Å². The highest BCUT2D eigenvalue weighted by atomic mass is 35.5. The minimum atomic E-state index is -0.189. The largest absolute Gasteiger partial charge is 0.374 e. The van der Waals surface area contributed by atoms with E-state index in [9.17, 15) is 4.79 Å². The van der Waals surface area contributed by atoms with Gasteiger partial charge in [-0.1, -0.05) is 23.7 Å². The molecule has 0 aliphatic rings. The zero-order chi connectivity index (χ0) is 16.7. The Morgan fingerprint density at radius 1 is 1.35 bits per heavy atom. The fourth-order valence-corrected chi connectivity index (χ4v) is 3.49. The molecule has 0 radical (unpaired) electrons. The number of nitrogens with one attached hydrogen (secondary N) is 1. The summed E-state index contributed by atoms with van der Waals surface area (Å²) in [5, 5.41) is 2.84. The highest BCUT2D eigenvalue weighted by molar-refractivity contribution is 7.98. The fourth-order valence-electron chi connectivity index (χ4n) is 1.94. The monoisotopic (exact) mass is 367 g/mol. The summed E-state index contributed by atoms with van der Waals surface area (Å²) in [6, 6.07) is 11.8. The first-order chi connectivity index (χ1) is 11.1. The van der Waals surface area contributed by atoms with Gasteiger partial charge in [0.1, 0.15) is 6.10 Å². The van der Waals surface area contributed by atoms with Gasteiger partial charge in [-0.15, -0.1) is 23.1 Å². The van der Waals surface area contributed by atoms with E-state index in [4.69, 9.17) is 16.3 Å². The molecular formula is C17H18ClNO2S2. The predicted octanol–water partition coefficient (Wildman–Crippen LogP) is 4.64. The second-order valence-corrected chi connectivity index (χ2v) is 7.34. The highest BCUT2D eigenvalue weighted by Crippen LogP contribution is 2.28. The van der Waals surface area contributed by atoms with Crippen molar-refractivity contribution < 1.29 is 9.53 Å². The molecule has 1 atom stereocenters. The number of benzene rings is 1. The van der Waals surface area contributed by atoms with Crippen molar-refractivity contribution in [2.45, 2.75) is 11.0 Å². The minimum Gasteiger partial charge on any atom is -0.374 e. The molecule has 0 aliphatic carbocycles. The summed E-state index contributed by atoms with van der Waals surface area (Å²) in [6.07, 6.45) is 5.17. The van der Waals surface area contributed by atoms with Crippen molar-refractivity contribution in [3.05, 3.63) is 57.3 Å². The molecule has 0 fully saturated rings. The molecule has 0 saturated carbocycles. The lowest BCUT2D eigenvalue weighted by molar-refractivity contribution is -0.117. The van der Waals surface area contributed by atoms with E-state index in [1.165, 1.54) is 22.3 Å². The number of halogens is 1. The average Bonchev–Trinajstić information content (AvgIpc) is 3.00. The molecule has 2 aromatic rings. The lowest BCUT2D eigenvalue weighted by Crippen LogP contribution is -2.27. The molecule has 1 unspecified atom stereocenters. The highest BCUT2D eigenvalue weighted by Gasteiger charge is 2.13. The molecular weight excluding hydrogens is 350 g/mol. The van der Waals surface area contributed by atoms with Crippen LogP contribution in [0.25, 0.3) is 6.08 Å². The van der Waals surface area contributed by atoms with Crippen LogP contribution in [0.2, 0.25) is 4.34 Å². The van der Waals surface area contributed by atoms with E-state index in [0.29, 0.717) is 10.9 Å². The molecule has 1 amide bonds. The Bertz CT molecular complexity index is 667. The maximum absolute atomic E-state index is 11.9.